The van der Waals surface area contributed by atoms with Crippen LogP contribution in [-0.2, 0) is 6.54 Å². The molecule has 0 radical (unpaired) electrons. The lowest BCUT2D eigenvalue weighted by atomic mass is 10.1. The zero-order valence-electron chi connectivity index (χ0n) is 9.73. The van der Waals surface area contributed by atoms with Crippen LogP contribution in [0.4, 0.5) is 0 Å². The van der Waals surface area contributed by atoms with E-state index in [9.17, 15) is 10.2 Å². The Hall–Kier alpha value is -0.870. The number of nitrogens with one attached hydrogen (secondary N) is 1. The number of aromatic hydroxyl groups is 2. The van der Waals surface area contributed by atoms with Crippen LogP contribution in [0, 0.1) is 5.92 Å². The van der Waals surface area contributed by atoms with E-state index < -0.39 is 0 Å². The van der Waals surface area contributed by atoms with Crippen molar-refractivity contribution in [1.82, 2.24) is 5.32 Å². The number of benzene rings is 1. The van der Waals surface area contributed by atoms with Gasteiger partial charge in [0.2, 0.25) is 0 Å². The average molecular weight is 241 g/mol. The number of thioether (sulfide) groups is 1. The Morgan fingerprint density at radius 2 is 2.12 bits per heavy atom. The molecule has 0 bridgehead atoms. The fourth-order valence-corrected chi connectivity index (χ4v) is 2.20. The summed E-state index contributed by atoms with van der Waals surface area (Å²) in [6.07, 6.45) is 2.09. The molecule has 0 spiro atoms. The number of phenolic OH excluding ortho intramolecular Hbond substituents is 2. The molecule has 3 nitrogen and oxygen atoms in total. The van der Waals surface area contributed by atoms with Crippen molar-refractivity contribution in [3.8, 4) is 11.5 Å². The van der Waals surface area contributed by atoms with Gasteiger partial charge in [-0.05, 0) is 30.5 Å². The van der Waals surface area contributed by atoms with Crippen molar-refractivity contribution >= 4 is 11.8 Å². The first-order valence-electron chi connectivity index (χ1n) is 5.34. The lowest BCUT2D eigenvalue weighted by Gasteiger charge is -2.12. The Morgan fingerprint density at radius 1 is 1.38 bits per heavy atom. The van der Waals surface area contributed by atoms with Crippen molar-refractivity contribution in [3.63, 3.8) is 0 Å². The minimum atomic E-state index is -0.0588. The highest BCUT2D eigenvalue weighted by Crippen LogP contribution is 2.27. The van der Waals surface area contributed by atoms with Gasteiger partial charge < -0.3 is 15.5 Å². The lowest BCUT2D eigenvalue weighted by Crippen LogP contribution is -2.22. The molecule has 1 rings (SSSR count). The SMILES string of the molecule is CSCC(C)CNCc1cccc(O)c1O. The largest absolute Gasteiger partial charge is 0.504 e. The van der Waals surface area contributed by atoms with E-state index in [4.69, 9.17) is 0 Å². The van der Waals surface area contributed by atoms with Crippen LogP contribution >= 0.6 is 11.8 Å². The van der Waals surface area contributed by atoms with E-state index in [1.807, 2.05) is 11.8 Å². The minimum Gasteiger partial charge on any atom is -0.504 e. The van der Waals surface area contributed by atoms with Gasteiger partial charge in [0.05, 0.1) is 0 Å². The third-order valence-corrected chi connectivity index (χ3v) is 3.26. The van der Waals surface area contributed by atoms with Crippen LogP contribution in [0.25, 0.3) is 0 Å². The van der Waals surface area contributed by atoms with Crippen LogP contribution in [-0.4, -0.2) is 28.8 Å². The van der Waals surface area contributed by atoms with E-state index in [-0.39, 0.29) is 11.5 Å². The first kappa shape index (κ1) is 13.2. The highest BCUT2D eigenvalue weighted by Gasteiger charge is 2.06. The molecular formula is C12H19NO2S. The summed E-state index contributed by atoms with van der Waals surface area (Å²) in [4.78, 5) is 0. The Balaban J connectivity index is 2.40. The Kier molecular flexibility index (Phi) is 5.49. The average Bonchev–Trinajstić information content (AvgIpc) is 2.25. The quantitative estimate of drug-likeness (QED) is 0.668. The molecule has 16 heavy (non-hydrogen) atoms. The summed E-state index contributed by atoms with van der Waals surface area (Å²) >= 11 is 1.83. The van der Waals surface area contributed by atoms with E-state index >= 15 is 0 Å². The van der Waals surface area contributed by atoms with Gasteiger partial charge in [0, 0.05) is 12.1 Å². The van der Waals surface area contributed by atoms with E-state index in [1.165, 1.54) is 6.07 Å². The zero-order chi connectivity index (χ0) is 12.0. The molecule has 1 unspecified atom stereocenters. The van der Waals surface area contributed by atoms with Crippen LogP contribution in [0.3, 0.4) is 0 Å². The Bertz CT molecular complexity index is 331. The van der Waals surface area contributed by atoms with Gasteiger partial charge >= 0.3 is 0 Å². The second-order valence-corrected chi connectivity index (χ2v) is 4.89. The van der Waals surface area contributed by atoms with Crippen molar-refractivity contribution in [3.05, 3.63) is 23.8 Å². The summed E-state index contributed by atoms with van der Waals surface area (Å²) in [6.45, 7) is 3.68. The van der Waals surface area contributed by atoms with Crippen molar-refractivity contribution in [2.24, 2.45) is 5.92 Å². The minimum absolute atomic E-state index is 0.0208. The first-order valence-corrected chi connectivity index (χ1v) is 6.74. The van der Waals surface area contributed by atoms with Gasteiger partial charge in [-0.15, -0.1) is 0 Å². The number of rotatable bonds is 6. The zero-order valence-corrected chi connectivity index (χ0v) is 10.5. The summed E-state index contributed by atoms with van der Waals surface area (Å²) in [5.74, 6) is 1.65. The molecule has 3 N–H and O–H groups in total. The number of para-hydroxylation sites is 1. The maximum Gasteiger partial charge on any atom is 0.161 e. The molecule has 4 heteroatoms. The van der Waals surface area contributed by atoms with Gasteiger partial charge in [0.15, 0.2) is 11.5 Å². The molecule has 90 valence electrons. The van der Waals surface area contributed by atoms with E-state index in [1.54, 1.807) is 12.1 Å². The summed E-state index contributed by atoms with van der Waals surface area (Å²) in [7, 11) is 0. The van der Waals surface area contributed by atoms with Gasteiger partial charge in [-0.2, -0.15) is 11.8 Å². The normalized spacial score (nSPS) is 12.6. The third-order valence-electron chi connectivity index (χ3n) is 2.36. The van der Waals surface area contributed by atoms with E-state index in [0.717, 1.165) is 17.9 Å². The van der Waals surface area contributed by atoms with Gasteiger partial charge in [-0.1, -0.05) is 19.1 Å². The monoisotopic (exact) mass is 241 g/mol. The number of hydrogen-bond donors (Lipinski definition) is 3. The summed E-state index contributed by atoms with van der Waals surface area (Å²) < 4.78 is 0. The first-order chi connectivity index (χ1) is 7.65. The van der Waals surface area contributed by atoms with Crippen LogP contribution < -0.4 is 5.32 Å². The van der Waals surface area contributed by atoms with Gasteiger partial charge in [-0.25, -0.2) is 0 Å². The maximum atomic E-state index is 9.57. The molecule has 1 aromatic carbocycles. The molecule has 0 saturated carbocycles. The second-order valence-electron chi connectivity index (χ2n) is 3.98. The van der Waals surface area contributed by atoms with E-state index in [0.29, 0.717) is 12.5 Å². The highest BCUT2D eigenvalue weighted by molar-refractivity contribution is 7.98. The smallest absolute Gasteiger partial charge is 0.161 e. The predicted octanol–water partition coefficient (Wildman–Crippen LogP) is 2.19. The summed E-state index contributed by atoms with van der Waals surface area (Å²) in [6, 6.07) is 5.02. The molecule has 0 aliphatic rings. The summed E-state index contributed by atoms with van der Waals surface area (Å²) in [5.41, 5.74) is 0.733. The van der Waals surface area contributed by atoms with Gasteiger partial charge in [0.25, 0.3) is 0 Å². The van der Waals surface area contributed by atoms with Crippen LogP contribution in [0.5, 0.6) is 11.5 Å². The second kappa shape index (κ2) is 6.66. The van der Waals surface area contributed by atoms with Crippen molar-refractivity contribution in [2.45, 2.75) is 13.5 Å². The number of hydrogen-bond acceptors (Lipinski definition) is 4. The summed E-state index contributed by atoms with van der Waals surface area (Å²) in [5, 5.41) is 22.2. The van der Waals surface area contributed by atoms with Gasteiger partial charge in [0.1, 0.15) is 0 Å². The standard InChI is InChI=1S/C12H19NO2S/c1-9(8-16-2)6-13-7-10-4-3-5-11(14)12(10)15/h3-5,9,13-15H,6-8H2,1-2H3. The van der Waals surface area contributed by atoms with Crippen molar-refractivity contribution in [2.75, 3.05) is 18.6 Å². The molecule has 0 aliphatic carbocycles. The molecule has 0 fully saturated rings. The Morgan fingerprint density at radius 3 is 2.81 bits per heavy atom. The molecule has 1 atom stereocenters. The van der Waals surface area contributed by atoms with Crippen LogP contribution in [0.2, 0.25) is 0 Å². The molecule has 1 aromatic rings. The van der Waals surface area contributed by atoms with E-state index in [2.05, 4.69) is 18.5 Å². The fourth-order valence-electron chi connectivity index (χ4n) is 1.52. The number of phenols is 2. The molecule has 0 aliphatic heterocycles. The predicted molar refractivity (Wildman–Crippen MR) is 69.0 cm³/mol. The van der Waals surface area contributed by atoms with Crippen LogP contribution in [0.15, 0.2) is 18.2 Å². The molecule has 0 saturated heterocycles. The third kappa shape index (κ3) is 3.94. The maximum absolute atomic E-state index is 9.57. The van der Waals surface area contributed by atoms with Crippen LogP contribution in [0.1, 0.15) is 12.5 Å². The van der Waals surface area contributed by atoms with Gasteiger partial charge in [-0.3, -0.25) is 0 Å². The van der Waals surface area contributed by atoms with Crippen molar-refractivity contribution in [1.29, 1.82) is 0 Å². The fraction of sp³-hybridized carbons (Fsp3) is 0.500. The topological polar surface area (TPSA) is 52.5 Å². The highest BCUT2D eigenvalue weighted by atomic mass is 32.2. The molecule has 0 aromatic heterocycles. The molecule has 0 amide bonds. The van der Waals surface area contributed by atoms with Crippen molar-refractivity contribution < 1.29 is 10.2 Å². The molecule has 0 heterocycles. The molecular weight excluding hydrogens is 222 g/mol. The lowest BCUT2D eigenvalue weighted by molar-refractivity contribution is 0.397. The Labute approximate surface area is 101 Å².